The lowest BCUT2D eigenvalue weighted by Gasteiger charge is -2.27. The molecule has 2 amide bonds. The van der Waals surface area contributed by atoms with Crippen LogP contribution in [0.4, 0.5) is 23.7 Å². The number of alkyl halides is 3. The van der Waals surface area contributed by atoms with Gasteiger partial charge in [0.1, 0.15) is 11.8 Å². The van der Waals surface area contributed by atoms with Gasteiger partial charge < -0.3 is 26.2 Å². The lowest BCUT2D eigenvalue weighted by atomic mass is 9.84. The summed E-state index contributed by atoms with van der Waals surface area (Å²) in [6, 6.07) is 6.73. The number of rotatable bonds is 4. The van der Waals surface area contributed by atoms with E-state index < -0.39 is 35.8 Å². The van der Waals surface area contributed by atoms with Crippen molar-refractivity contribution in [2.24, 2.45) is 5.73 Å². The number of nitrogens with two attached hydrogens (primary N) is 1. The quantitative estimate of drug-likeness (QED) is 0.556. The Balaban J connectivity index is 1.90. The Morgan fingerprint density at radius 2 is 1.88 bits per heavy atom. The molecule has 5 N–H and O–H groups in total. The van der Waals surface area contributed by atoms with E-state index in [0.717, 1.165) is 11.1 Å². The van der Waals surface area contributed by atoms with Gasteiger partial charge in [-0.2, -0.15) is 13.2 Å². The second kappa shape index (κ2) is 8.63. The van der Waals surface area contributed by atoms with E-state index in [1.165, 1.54) is 13.2 Å². The SMILES string of the molecule is COc1c(NC(=O)N[C@@H]2Cc3ccccc3[C@@H]2O)cc(C(C)(C)C)cc1C(N)C(F)(F)F. The molecule has 3 rings (SSSR count). The van der Waals surface area contributed by atoms with Crippen LogP contribution in [0.15, 0.2) is 36.4 Å². The minimum Gasteiger partial charge on any atom is -0.494 e. The van der Waals surface area contributed by atoms with Crippen molar-refractivity contribution in [2.75, 3.05) is 12.4 Å². The van der Waals surface area contributed by atoms with Crippen LogP contribution < -0.4 is 21.1 Å². The number of ether oxygens (including phenoxy) is 1. The Morgan fingerprint density at radius 3 is 2.44 bits per heavy atom. The predicted molar refractivity (Wildman–Crippen MR) is 116 cm³/mol. The molecule has 0 saturated heterocycles. The van der Waals surface area contributed by atoms with E-state index in [0.29, 0.717) is 12.0 Å². The first-order valence-corrected chi connectivity index (χ1v) is 10.2. The molecule has 1 unspecified atom stereocenters. The molecule has 0 bridgehead atoms. The van der Waals surface area contributed by atoms with Crippen LogP contribution in [0.2, 0.25) is 0 Å². The summed E-state index contributed by atoms with van der Waals surface area (Å²) in [5.41, 5.74) is 7.00. The average Bonchev–Trinajstić information content (AvgIpc) is 3.01. The van der Waals surface area contributed by atoms with Crippen molar-refractivity contribution in [3.63, 3.8) is 0 Å². The van der Waals surface area contributed by atoms with Crippen molar-refractivity contribution >= 4 is 11.7 Å². The number of fused-ring (bicyclic) bond motifs is 1. The molecule has 1 aliphatic rings. The molecule has 9 heteroatoms. The maximum absolute atomic E-state index is 13.4. The maximum Gasteiger partial charge on any atom is 0.407 e. The van der Waals surface area contributed by atoms with Gasteiger partial charge in [-0.15, -0.1) is 0 Å². The second-order valence-corrected chi connectivity index (χ2v) is 8.97. The topological polar surface area (TPSA) is 96.6 Å². The van der Waals surface area contributed by atoms with Crippen LogP contribution >= 0.6 is 0 Å². The second-order valence-electron chi connectivity index (χ2n) is 8.97. The summed E-state index contributed by atoms with van der Waals surface area (Å²) < 4.78 is 45.5. The normalized spacial score (nSPS) is 19.3. The summed E-state index contributed by atoms with van der Waals surface area (Å²) in [5, 5.41) is 15.8. The summed E-state index contributed by atoms with van der Waals surface area (Å²) >= 11 is 0. The number of aliphatic hydroxyl groups is 1. The van der Waals surface area contributed by atoms with Crippen molar-refractivity contribution in [1.29, 1.82) is 0 Å². The van der Waals surface area contributed by atoms with Crippen LogP contribution in [0.1, 0.15) is 55.2 Å². The molecule has 174 valence electrons. The third-order valence-corrected chi connectivity index (χ3v) is 5.63. The minimum absolute atomic E-state index is 0.0668. The van der Waals surface area contributed by atoms with E-state index in [9.17, 15) is 23.1 Å². The third-order valence-electron chi connectivity index (χ3n) is 5.63. The number of halogens is 3. The highest BCUT2D eigenvalue weighted by molar-refractivity contribution is 5.92. The highest BCUT2D eigenvalue weighted by Gasteiger charge is 2.41. The van der Waals surface area contributed by atoms with E-state index >= 15 is 0 Å². The minimum atomic E-state index is -4.69. The van der Waals surface area contributed by atoms with Gasteiger partial charge in [-0.1, -0.05) is 45.0 Å². The zero-order valence-electron chi connectivity index (χ0n) is 18.4. The van der Waals surface area contributed by atoms with Crippen molar-refractivity contribution in [3.8, 4) is 5.75 Å². The molecule has 32 heavy (non-hydrogen) atoms. The number of carbonyl (C=O) groups excluding carboxylic acids is 1. The predicted octanol–water partition coefficient (Wildman–Crippen LogP) is 4.33. The summed E-state index contributed by atoms with van der Waals surface area (Å²) in [5.74, 6) is -0.159. The van der Waals surface area contributed by atoms with Gasteiger partial charge >= 0.3 is 12.2 Å². The highest BCUT2D eigenvalue weighted by Crippen LogP contribution is 2.42. The fraction of sp³-hybridized carbons (Fsp3) is 0.435. The van der Waals surface area contributed by atoms with E-state index in [4.69, 9.17) is 10.5 Å². The number of anilines is 1. The van der Waals surface area contributed by atoms with Gasteiger partial charge in [0.2, 0.25) is 0 Å². The molecule has 0 radical (unpaired) electrons. The van der Waals surface area contributed by atoms with Crippen LogP contribution in [0.5, 0.6) is 5.75 Å². The van der Waals surface area contributed by atoms with Gasteiger partial charge in [-0.05, 0) is 40.7 Å². The molecule has 0 fully saturated rings. The van der Waals surface area contributed by atoms with E-state index in [-0.39, 0.29) is 17.0 Å². The summed E-state index contributed by atoms with van der Waals surface area (Å²) in [6.07, 6.45) is -5.13. The maximum atomic E-state index is 13.4. The molecule has 0 aromatic heterocycles. The van der Waals surface area contributed by atoms with Crippen LogP contribution in [0.25, 0.3) is 0 Å². The Labute approximate surface area is 185 Å². The third kappa shape index (κ3) is 4.83. The number of hydrogen-bond acceptors (Lipinski definition) is 4. The lowest BCUT2D eigenvalue weighted by molar-refractivity contribution is -0.149. The molecular weight excluding hydrogens is 423 g/mol. The van der Waals surface area contributed by atoms with Gasteiger partial charge in [0.15, 0.2) is 0 Å². The summed E-state index contributed by atoms with van der Waals surface area (Å²) in [7, 11) is 1.22. The molecule has 6 nitrogen and oxygen atoms in total. The Hall–Kier alpha value is -2.78. The Kier molecular flexibility index (Phi) is 6.44. The number of carbonyl (C=O) groups is 1. The van der Waals surface area contributed by atoms with Gasteiger partial charge in [0, 0.05) is 5.56 Å². The smallest absolute Gasteiger partial charge is 0.407 e. The van der Waals surface area contributed by atoms with Crippen LogP contribution in [0, 0.1) is 0 Å². The first-order valence-electron chi connectivity index (χ1n) is 10.2. The molecule has 0 spiro atoms. The van der Waals surface area contributed by atoms with Crippen molar-refractivity contribution in [1.82, 2.24) is 5.32 Å². The first kappa shape index (κ1) is 23.9. The average molecular weight is 451 g/mol. The number of nitrogens with one attached hydrogen (secondary N) is 2. The van der Waals surface area contributed by atoms with Gasteiger partial charge in [-0.25, -0.2) is 4.79 Å². The highest BCUT2D eigenvalue weighted by atomic mass is 19.4. The fourth-order valence-corrected chi connectivity index (χ4v) is 3.84. The molecular formula is C23H28F3N3O3. The van der Waals surface area contributed by atoms with Crippen LogP contribution in [0.3, 0.4) is 0 Å². The zero-order chi connectivity index (χ0) is 23.8. The van der Waals surface area contributed by atoms with Crippen molar-refractivity contribution < 1.29 is 27.8 Å². The van der Waals surface area contributed by atoms with Crippen molar-refractivity contribution in [3.05, 3.63) is 58.7 Å². The number of benzene rings is 2. The molecule has 2 aromatic carbocycles. The molecule has 2 aromatic rings. The van der Waals surface area contributed by atoms with Crippen LogP contribution in [-0.2, 0) is 11.8 Å². The van der Waals surface area contributed by atoms with Gasteiger partial charge in [0.25, 0.3) is 0 Å². The number of methoxy groups -OCH3 is 1. The number of hydrogen-bond donors (Lipinski definition) is 4. The monoisotopic (exact) mass is 451 g/mol. The molecule has 0 heterocycles. The van der Waals surface area contributed by atoms with Crippen LogP contribution in [-0.4, -0.2) is 30.5 Å². The zero-order valence-corrected chi connectivity index (χ0v) is 18.4. The number of aliphatic hydroxyl groups excluding tert-OH is 1. The van der Waals surface area contributed by atoms with Crippen molar-refractivity contribution in [2.45, 2.75) is 57.0 Å². The standard InChI is InChI=1S/C23H28F3N3O3/c1-22(2,3)13-10-15(20(27)23(24,25)26)19(32-4)17(11-13)29-21(31)28-16-9-12-7-5-6-8-14(12)18(16)30/h5-8,10-11,16,18,20,30H,9,27H2,1-4H3,(H2,28,29,31)/t16-,18+,20?/m1/s1. The summed E-state index contributed by atoms with van der Waals surface area (Å²) in [4.78, 5) is 12.7. The molecule has 0 saturated carbocycles. The Morgan fingerprint density at radius 1 is 1.22 bits per heavy atom. The molecule has 1 aliphatic carbocycles. The summed E-state index contributed by atoms with van der Waals surface area (Å²) in [6.45, 7) is 5.52. The number of urea groups is 1. The molecule has 3 atom stereocenters. The fourth-order valence-electron chi connectivity index (χ4n) is 3.84. The first-order chi connectivity index (χ1) is 14.8. The van der Waals surface area contributed by atoms with E-state index in [2.05, 4.69) is 10.6 Å². The molecule has 0 aliphatic heterocycles. The van der Waals surface area contributed by atoms with E-state index in [1.807, 2.05) is 32.9 Å². The Bertz CT molecular complexity index is 1000. The lowest BCUT2D eigenvalue weighted by Crippen LogP contribution is -2.40. The van der Waals surface area contributed by atoms with Gasteiger partial charge in [0.05, 0.1) is 24.9 Å². The number of amides is 2. The largest absolute Gasteiger partial charge is 0.494 e. The van der Waals surface area contributed by atoms with Gasteiger partial charge in [-0.3, -0.25) is 0 Å². The van der Waals surface area contributed by atoms with E-state index in [1.54, 1.807) is 18.2 Å².